The Hall–Kier alpha value is -4.51. The third kappa shape index (κ3) is 12.0. The number of benzene rings is 2. The van der Waals surface area contributed by atoms with E-state index in [1.54, 1.807) is 102 Å². The minimum absolute atomic E-state index is 0.0278. The predicted octanol–water partition coefficient (Wildman–Crippen LogP) is 1.89. The van der Waals surface area contributed by atoms with E-state index in [0.29, 0.717) is 5.56 Å². The van der Waals surface area contributed by atoms with Gasteiger partial charge in [-0.25, -0.2) is 4.79 Å². The van der Waals surface area contributed by atoms with Crippen molar-refractivity contribution < 1.29 is 43.4 Å². The van der Waals surface area contributed by atoms with E-state index in [4.69, 9.17) is 9.57 Å². The number of imide groups is 1. The summed E-state index contributed by atoms with van der Waals surface area (Å²) in [5.41, 5.74) is 3.28. The van der Waals surface area contributed by atoms with Gasteiger partial charge in [0.05, 0.1) is 19.0 Å². The van der Waals surface area contributed by atoms with Crippen LogP contribution in [0.25, 0.3) is 0 Å². The Morgan fingerprint density at radius 2 is 1.42 bits per heavy atom. The summed E-state index contributed by atoms with van der Waals surface area (Å²) in [6.45, 7) is 11.9. The van der Waals surface area contributed by atoms with Gasteiger partial charge >= 0.3 is 6.09 Å². The molecule has 6 N–H and O–H groups in total. The Balaban J connectivity index is 1.80. The molecule has 15 nitrogen and oxygen atoms in total. The lowest BCUT2D eigenvalue weighted by atomic mass is 9.96. The molecule has 2 aromatic rings. The maximum absolute atomic E-state index is 14.1. The van der Waals surface area contributed by atoms with Crippen LogP contribution in [0.2, 0.25) is 0 Å². The molecule has 53 heavy (non-hydrogen) atoms. The maximum atomic E-state index is 14.1. The van der Waals surface area contributed by atoms with Crippen molar-refractivity contribution in [2.75, 3.05) is 13.0 Å². The van der Waals surface area contributed by atoms with Crippen LogP contribution in [-0.2, 0) is 35.2 Å². The zero-order valence-corrected chi connectivity index (χ0v) is 32.2. The SMILES string of the molecule is CON[C@H](C(=O)NC(=O)[C@H]1N(C(=O)[C@@H](O)[C@H](Cc2ccccc2)NC(=O)[C@@H](NC(=O)[C@H](C)NC(=O)Oc2ccccc2)C(C)C)CSC1(C)C)C(C)C. The fraction of sp³-hybridized carbons (Fsp3) is 0.514. The van der Waals surface area contributed by atoms with E-state index in [9.17, 15) is 33.9 Å². The Morgan fingerprint density at radius 3 is 1.98 bits per heavy atom. The van der Waals surface area contributed by atoms with Gasteiger partial charge in [0.15, 0.2) is 6.10 Å². The van der Waals surface area contributed by atoms with Crippen LogP contribution in [0.3, 0.4) is 0 Å². The lowest BCUT2D eigenvalue weighted by Gasteiger charge is -2.34. The average molecular weight is 757 g/mol. The molecule has 1 fully saturated rings. The van der Waals surface area contributed by atoms with Crippen LogP contribution in [0.4, 0.5) is 4.79 Å². The summed E-state index contributed by atoms with van der Waals surface area (Å²) in [5, 5.41) is 21.9. The number of hydrogen-bond acceptors (Lipinski definition) is 11. The first kappa shape index (κ1) is 42.9. The second-order valence-electron chi connectivity index (χ2n) is 14.0. The highest BCUT2D eigenvalue weighted by Crippen LogP contribution is 2.40. The first-order valence-corrected chi connectivity index (χ1v) is 18.4. The van der Waals surface area contributed by atoms with Gasteiger partial charge in [0.25, 0.3) is 11.8 Å². The van der Waals surface area contributed by atoms with Crippen LogP contribution in [0.15, 0.2) is 60.7 Å². The van der Waals surface area contributed by atoms with Crippen molar-refractivity contribution in [3.05, 3.63) is 66.2 Å². The van der Waals surface area contributed by atoms with Crippen molar-refractivity contribution in [1.82, 2.24) is 31.6 Å². The minimum Gasteiger partial charge on any atom is -0.410 e. The van der Waals surface area contributed by atoms with Crippen LogP contribution in [0.5, 0.6) is 5.75 Å². The number of thioether (sulfide) groups is 1. The summed E-state index contributed by atoms with van der Waals surface area (Å²) < 4.78 is 4.35. The monoisotopic (exact) mass is 756 g/mol. The van der Waals surface area contributed by atoms with Crippen molar-refractivity contribution in [2.45, 2.75) is 95.9 Å². The summed E-state index contributed by atoms with van der Waals surface area (Å²) in [5.74, 6) is -3.90. The van der Waals surface area contributed by atoms with Gasteiger partial charge in [-0.3, -0.25) is 29.3 Å². The first-order valence-electron chi connectivity index (χ1n) is 17.4. The lowest BCUT2D eigenvalue weighted by molar-refractivity contribution is -0.149. The summed E-state index contributed by atoms with van der Waals surface area (Å²) >= 11 is 1.30. The molecule has 2 aromatic carbocycles. The molecule has 6 amide bonds. The molecular weight excluding hydrogens is 705 g/mol. The molecule has 1 heterocycles. The lowest BCUT2D eigenvalue weighted by Crippen LogP contribution is -2.62. The van der Waals surface area contributed by atoms with Crippen LogP contribution in [-0.4, -0.2) is 99.7 Å². The molecular formula is C37H52N6O9S. The topological polar surface area (TPSA) is 204 Å². The number of hydrogen-bond donors (Lipinski definition) is 6. The van der Waals surface area contributed by atoms with E-state index in [1.807, 2.05) is 0 Å². The molecule has 6 atom stereocenters. The molecule has 0 unspecified atom stereocenters. The number of hydroxylamine groups is 1. The number of aliphatic hydroxyl groups is 1. The Kier molecular flexibility index (Phi) is 15.8. The van der Waals surface area contributed by atoms with E-state index in [1.165, 1.54) is 30.7 Å². The van der Waals surface area contributed by atoms with Crippen molar-refractivity contribution in [3.63, 3.8) is 0 Å². The number of carbonyl (C=O) groups is 6. The largest absolute Gasteiger partial charge is 0.413 e. The molecule has 1 aliphatic rings. The van der Waals surface area contributed by atoms with Gasteiger partial charge in [0.1, 0.15) is 29.9 Å². The molecule has 3 rings (SSSR count). The van der Waals surface area contributed by atoms with E-state index in [0.717, 1.165) is 0 Å². The zero-order chi connectivity index (χ0) is 39.5. The van der Waals surface area contributed by atoms with E-state index in [2.05, 4.69) is 26.7 Å². The van der Waals surface area contributed by atoms with E-state index < -0.39 is 82.6 Å². The Bertz CT molecular complexity index is 1580. The molecule has 290 valence electrons. The summed E-state index contributed by atoms with van der Waals surface area (Å²) in [6.07, 6.45) is -2.66. The summed E-state index contributed by atoms with van der Waals surface area (Å²) in [7, 11) is 1.36. The number of nitrogens with zero attached hydrogens (tertiary/aromatic N) is 1. The average Bonchev–Trinajstić information content (AvgIpc) is 3.43. The summed E-state index contributed by atoms with van der Waals surface area (Å²) in [4.78, 5) is 86.2. The van der Waals surface area contributed by atoms with Crippen molar-refractivity contribution >= 4 is 47.4 Å². The highest BCUT2D eigenvalue weighted by Gasteiger charge is 2.50. The number of rotatable bonds is 16. The second-order valence-corrected chi connectivity index (χ2v) is 15.6. The fourth-order valence-electron chi connectivity index (χ4n) is 5.70. The summed E-state index contributed by atoms with van der Waals surface area (Å²) in [6, 6.07) is 11.8. The highest BCUT2D eigenvalue weighted by molar-refractivity contribution is 8.00. The minimum atomic E-state index is -1.82. The molecule has 0 aromatic heterocycles. The van der Waals surface area contributed by atoms with E-state index in [-0.39, 0.29) is 24.0 Å². The molecule has 16 heteroatoms. The molecule has 0 spiro atoms. The van der Waals surface area contributed by atoms with Gasteiger partial charge in [-0.1, -0.05) is 76.2 Å². The van der Waals surface area contributed by atoms with Crippen LogP contribution in [0, 0.1) is 11.8 Å². The molecule has 1 saturated heterocycles. The smallest absolute Gasteiger partial charge is 0.410 e. The van der Waals surface area contributed by atoms with Gasteiger partial charge in [-0.15, -0.1) is 11.8 Å². The Labute approximate surface area is 314 Å². The van der Waals surface area contributed by atoms with Crippen LogP contribution < -0.4 is 31.5 Å². The number of aliphatic hydroxyl groups excluding tert-OH is 1. The normalized spacial score (nSPS) is 17.9. The standard InChI is InChI=1S/C37H52N6O9S/c1-21(2)27(40-31(45)23(5)38-36(50)52-25-17-13-10-14-18-25)32(46)39-26(19-24-15-11-9-12-16-24)29(44)35(49)43-20-53-37(6,7)30(43)34(48)41-33(47)28(22(3)4)42-51-8/h9-18,21-23,26-30,42,44H,19-20H2,1-8H3,(H,38,50)(H,39,46)(H,40,45)(H,41,47,48)/t23-,26-,27-,28-,29-,30+/m0/s1. The molecule has 0 aliphatic carbocycles. The zero-order valence-electron chi connectivity index (χ0n) is 31.4. The van der Waals surface area contributed by atoms with Crippen LogP contribution in [0.1, 0.15) is 54.0 Å². The maximum Gasteiger partial charge on any atom is 0.413 e. The van der Waals surface area contributed by atoms with Gasteiger partial charge in [0.2, 0.25) is 17.7 Å². The van der Waals surface area contributed by atoms with Crippen molar-refractivity contribution in [2.24, 2.45) is 11.8 Å². The predicted molar refractivity (Wildman–Crippen MR) is 199 cm³/mol. The first-order chi connectivity index (χ1) is 25.0. The number of nitrogens with one attached hydrogen (secondary N) is 5. The highest BCUT2D eigenvalue weighted by atomic mass is 32.2. The number of ether oxygens (including phenoxy) is 1. The molecule has 0 bridgehead atoms. The van der Waals surface area contributed by atoms with Gasteiger partial charge in [-0.05, 0) is 56.7 Å². The molecule has 0 radical (unpaired) electrons. The fourth-order valence-corrected chi connectivity index (χ4v) is 6.84. The van der Waals surface area contributed by atoms with E-state index >= 15 is 0 Å². The van der Waals surface area contributed by atoms with Crippen LogP contribution >= 0.6 is 11.8 Å². The quantitative estimate of drug-likeness (QED) is 0.137. The van der Waals surface area contributed by atoms with Gasteiger partial charge in [-0.2, -0.15) is 5.48 Å². The Morgan fingerprint density at radius 1 is 0.830 bits per heavy atom. The third-order valence-electron chi connectivity index (χ3n) is 8.71. The second kappa shape index (κ2) is 19.5. The van der Waals surface area contributed by atoms with Crippen molar-refractivity contribution in [3.8, 4) is 5.75 Å². The van der Waals surface area contributed by atoms with Gasteiger partial charge < -0.3 is 35.5 Å². The number of para-hydroxylation sites is 1. The van der Waals surface area contributed by atoms with Crippen molar-refractivity contribution in [1.29, 1.82) is 0 Å². The molecule has 1 aliphatic heterocycles. The number of amides is 6. The number of carbonyl (C=O) groups excluding carboxylic acids is 6. The molecule has 0 saturated carbocycles. The van der Waals surface area contributed by atoms with Gasteiger partial charge in [0, 0.05) is 4.75 Å². The third-order valence-corrected chi connectivity index (χ3v) is 10.1.